The summed E-state index contributed by atoms with van der Waals surface area (Å²) in [5.41, 5.74) is 11.0. The highest BCUT2D eigenvalue weighted by Crippen LogP contribution is 2.31. The Labute approximate surface area is 126 Å². The summed E-state index contributed by atoms with van der Waals surface area (Å²) in [5.74, 6) is -0.0752. The molecule has 21 heavy (non-hydrogen) atoms. The van der Waals surface area contributed by atoms with Gasteiger partial charge in [0.1, 0.15) is 11.7 Å². The van der Waals surface area contributed by atoms with E-state index < -0.39 is 24.1 Å². The highest BCUT2D eigenvalue weighted by Gasteiger charge is 2.46. The number of aliphatic hydroxyl groups excluding tert-OH is 1. The summed E-state index contributed by atoms with van der Waals surface area (Å²) >= 11 is 0. The minimum Gasteiger partial charge on any atom is -0.390 e. The van der Waals surface area contributed by atoms with E-state index in [0.29, 0.717) is 12.8 Å². The number of rotatable bonds is 3. The number of hydrogen-bond donors (Lipinski definition) is 5. The van der Waals surface area contributed by atoms with Gasteiger partial charge >= 0.3 is 0 Å². The molecule has 1 saturated heterocycles. The van der Waals surface area contributed by atoms with Gasteiger partial charge in [-0.25, -0.2) is 0 Å². The fraction of sp³-hybridized carbons (Fsp3) is 1.00. The van der Waals surface area contributed by atoms with Crippen LogP contribution in [0.15, 0.2) is 0 Å². The lowest BCUT2D eigenvalue weighted by atomic mass is 9.83. The first kappa shape index (κ1) is 17.1. The van der Waals surface area contributed by atoms with Crippen LogP contribution in [0.1, 0.15) is 26.7 Å². The molecule has 1 heterocycles. The van der Waals surface area contributed by atoms with Crippen LogP contribution in [-0.4, -0.2) is 66.1 Å². The summed E-state index contributed by atoms with van der Waals surface area (Å²) in [4.78, 5) is 0. The summed E-state index contributed by atoms with van der Waals surface area (Å²) in [5, 5.41) is 23.6. The predicted octanol–water partition coefficient (Wildman–Crippen LogP) is -1.49. The smallest absolute Gasteiger partial charge is 0.162 e. The lowest BCUT2D eigenvalue weighted by Crippen LogP contribution is -2.63. The zero-order chi connectivity index (χ0) is 15.8. The first-order chi connectivity index (χ1) is 9.76. The van der Waals surface area contributed by atoms with Crippen LogP contribution in [0.5, 0.6) is 0 Å². The van der Waals surface area contributed by atoms with Crippen LogP contribution < -0.4 is 16.8 Å². The number of nitrogens with two attached hydrogens (primary N) is 2. The Kier molecular flexibility index (Phi) is 5.25. The van der Waals surface area contributed by atoms with Gasteiger partial charge in [-0.05, 0) is 26.8 Å². The van der Waals surface area contributed by atoms with E-state index in [1.807, 2.05) is 6.92 Å². The van der Waals surface area contributed by atoms with Gasteiger partial charge in [-0.1, -0.05) is 6.92 Å². The zero-order valence-electron chi connectivity index (χ0n) is 13.0. The molecule has 0 unspecified atom stereocenters. The van der Waals surface area contributed by atoms with Crippen molar-refractivity contribution in [3.05, 3.63) is 0 Å². The second-order valence-electron chi connectivity index (χ2n) is 6.73. The molecule has 2 rings (SSSR count). The van der Waals surface area contributed by atoms with Crippen molar-refractivity contribution in [1.29, 1.82) is 0 Å². The molecule has 0 radical (unpaired) electrons. The number of likely N-dealkylation sites (N-methyl/N-ethyl adjacent to an activating group) is 1. The van der Waals surface area contributed by atoms with Crippen molar-refractivity contribution in [3.8, 4) is 0 Å². The SMILES string of the molecule is CN[C@@H]1[C@@H](C)[C@@H](O[C@H]2[C@H](N)C[C@H](N)C[C@@H]2O)OC[C@]1(C)O. The van der Waals surface area contributed by atoms with E-state index in [9.17, 15) is 10.2 Å². The van der Waals surface area contributed by atoms with E-state index >= 15 is 0 Å². The van der Waals surface area contributed by atoms with Crippen LogP contribution >= 0.6 is 0 Å². The summed E-state index contributed by atoms with van der Waals surface area (Å²) in [6.07, 6.45) is -0.585. The molecule has 1 aliphatic carbocycles. The van der Waals surface area contributed by atoms with Crippen LogP contribution in [0.3, 0.4) is 0 Å². The molecule has 0 aromatic heterocycles. The monoisotopic (exact) mass is 303 g/mol. The summed E-state index contributed by atoms with van der Waals surface area (Å²) in [7, 11) is 1.80. The van der Waals surface area contributed by atoms with Gasteiger partial charge in [0.2, 0.25) is 0 Å². The highest BCUT2D eigenvalue weighted by atomic mass is 16.7. The molecule has 1 aliphatic heterocycles. The van der Waals surface area contributed by atoms with Gasteiger partial charge in [-0.3, -0.25) is 0 Å². The van der Waals surface area contributed by atoms with Gasteiger partial charge in [0, 0.05) is 24.0 Å². The van der Waals surface area contributed by atoms with Crippen molar-refractivity contribution in [2.75, 3.05) is 13.7 Å². The van der Waals surface area contributed by atoms with E-state index in [-0.39, 0.29) is 30.7 Å². The lowest BCUT2D eigenvalue weighted by Gasteiger charge is -2.47. The van der Waals surface area contributed by atoms with E-state index in [2.05, 4.69) is 5.32 Å². The molecule has 0 bridgehead atoms. The van der Waals surface area contributed by atoms with E-state index in [0.717, 1.165) is 0 Å². The quantitative estimate of drug-likeness (QED) is 0.430. The Hall–Kier alpha value is -0.280. The van der Waals surface area contributed by atoms with Crippen molar-refractivity contribution in [1.82, 2.24) is 5.32 Å². The van der Waals surface area contributed by atoms with Crippen molar-refractivity contribution >= 4 is 0 Å². The third kappa shape index (κ3) is 3.56. The van der Waals surface area contributed by atoms with Crippen molar-refractivity contribution in [2.24, 2.45) is 17.4 Å². The van der Waals surface area contributed by atoms with Gasteiger partial charge < -0.3 is 36.5 Å². The van der Waals surface area contributed by atoms with Crippen LogP contribution in [0.25, 0.3) is 0 Å². The molecule has 0 spiro atoms. The van der Waals surface area contributed by atoms with E-state index in [1.54, 1.807) is 14.0 Å². The molecule has 0 amide bonds. The van der Waals surface area contributed by atoms with Gasteiger partial charge in [-0.15, -0.1) is 0 Å². The Morgan fingerprint density at radius 1 is 1.33 bits per heavy atom. The first-order valence-electron chi connectivity index (χ1n) is 7.62. The molecule has 7 N–H and O–H groups in total. The third-order valence-corrected chi connectivity index (χ3v) is 4.69. The van der Waals surface area contributed by atoms with Crippen LogP contribution in [-0.2, 0) is 9.47 Å². The number of nitrogens with one attached hydrogen (secondary N) is 1. The fourth-order valence-corrected chi connectivity index (χ4v) is 3.61. The molecule has 1 saturated carbocycles. The summed E-state index contributed by atoms with van der Waals surface area (Å²) in [6, 6.07) is -0.559. The average molecular weight is 303 g/mol. The van der Waals surface area contributed by atoms with Crippen LogP contribution in [0.2, 0.25) is 0 Å². The second-order valence-corrected chi connectivity index (χ2v) is 6.73. The minimum atomic E-state index is -0.955. The Morgan fingerprint density at radius 3 is 2.57 bits per heavy atom. The molecular weight excluding hydrogens is 274 g/mol. The molecular formula is C14H29N3O4. The van der Waals surface area contributed by atoms with Crippen LogP contribution in [0, 0.1) is 5.92 Å². The van der Waals surface area contributed by atoms with Gasteiger partial charge in [-0.2, -0.15) is 0 Å². The lowest BCUT2D eigenvalue weighted by molar-refractivity contribution is -0.274. The first-order valence-corrected chi connectivity index (χ1v) is 7.62. The maximum Gasteiger partial charge on any atom is 0.162 e. The predicted molar refractivity (Wildman–Crippen MR) is 78.4 cm³/mol. The van der Waals surface area contributed by atoms with Crippen molar-refractivity contribution in [2.45, 2.75) is 68.9 Å². The van der Waals surface area contributed by atoms with Gasteiger partial charge in [0.15, 0.2) is 6.29 Å². The Balaban J connectivity index is 2.02. The molecule has 2 aliphatic rings. The van der Waals surface area contributed by atoms with Gasteiger partial charge in [0.05, 0.1) is 12.7 Å². The molecule has 0 aromatic rings. The highest BCUT2D eigenvalue weighted by molar-refractivity contribution is 4.97. The number of aliphatic hydroxyl groups is 2. The molecule has 8 atom stereocenters. The second kappa shape index (κ2) is 6.45. The van der Waals surface area contributed by atoms with Crippen molar-refractivity contribution < 1.29 is 19.7 Å². The number of ether oxygens (including phenoxy) is 2. The molecule has 124 valence electrons. The molecule has 7 heteroatoms. The average Bonchev–Trinajstić information content (AvgIpc) is 2.36. The van der Waals surface area contributed by atoms with Crippen molar-refractivity contribution in [3.63, 3.8) is 0 Å². The Bertz CT molecular complexity index is 343. The largest absolute Gasteiger partial charge is 0.390 e. The maximum atomic E-state index is 10.3. The summed E-state index contributed by atoms with van der Waals surface area (Å²) < 4.78 is 11.6. The summed E-state index contributed by atoms with van der Waals surface area (Å²) in [6.45, 7) is 3.86. The topological polar surface area (TPSA) is 123 Å². The standard InChI is InChI=1S/C14H29N3O4/c1-7-12(17-3)14(2,19)6-20-13(7)21-11-9(16)4-8(15)5-10(11)18/h7-13,17-19H,4-6,15-16H2,1-3H3/t7-,8+,9-,10+,11+,12-,13-,14+/m1/s1. The van der Waals surface area contributed by atoms with Gasteiger partial charge in [0.25, 0.3) is 0 Å². The molecule has 7 nitrogen and oxygen atoms in total. The maximum absolute atomic E-state index is 10.3. The van der Waals surface area contributed by atoms with E-state index in [1.165, 1.54) is 0 Å². The molecule has 2 fully saturated rings. The van der Waals surface area contributed by atoms with Crippen LogP contribution in [0.4, 0.5) is 0 Å². The normalized spacial score (nSPS) is 51.9. The van der Waals surface area contributed by atoms with E-state index in [4.69, 9.17) is 20.9 Å². The zero-order valence-corrected chi connectivity index (χ0v) is 13.0. The number of hydrogen-bond acceptors (Lipinski definition) is 7. The third-order valence-electron chi connectivity index (χ3n) is 4.69. The molecule has 0 aromatic carbocycles. The minimum absolute atomic E-state index is 0.0752. The fourth-order valence-electron chi connectivity index (χ4n) is 3.61. The Morgan fingerprint density at radius 2 is 2.00 bits per heavy atom.